The van der Waals surface area contributed by atoms with Crippen LogP contribution in [0, 0.1) is 6.92 Å². The van der Waals surface area contributed by atoms with Gasteiger partial charge >= 0.3 is 0 Å². The van der Waals surface area contributed by atoms with E-state index in [0.29, 0.717) is 10.7 Å². The molecule has 0 fully saturated rings. The standard InChI is InChI=1S/C7H9ClN4/c1-3-5-9-7-6(8)4(2)10-12(7)11-5/h10H,3H2,1-2H3. The third-order valence-corrected chi connectivity index (χ3v) is 2.22. The number of fused-ring (bicyclic) bond motifs is 1. The van der Waals surface area contributed by atoms with E-state index in [9.17, 15) is 0 Å². The zero-order chi connectivity index (χ0) is 8.72. The zero-order valence-corrected chi connectivity index (χ0v) is 7.68. The van der Waals surface area contributed by atoms with Gasteiger partial charge in [-0.3, -0.25) is 5.10 Å². The van der Waals surface area contributed by atoms with Gasteiger partial charge in [0.15, 0.2) is 11.5 Å². The van der Waals surface area contributed by atoms with Gasteiger partial charge < -0.3 is 0 Å². The molecule has 0 aromatic carbocycles. The fourth-order valence-corrected chi connectivity index (χ4v) is 1.26. The molecular weight excluding hydrogens is 176 g/mol. The van der Waals surface area contributed by atoms with Gasteiger partial charge in [0.25, 0.3) is 0 Å². The average Bonchev–Trinajstić information content (AvgIpc) is 2.55. The van der Waals surface area contributed by atoms with Crippen molar-refractivity contribution in [3.63, 3.8) is 0 Å². The van der Waals surface area contributed by atoms with Gasteiger partial charge in [-0.05, 0) is 6.92 Å². The van der Waals surface area contributed by atoms with Crippen molar-refractivity contribution in [1.29, 1.82) is 0 Å². The minimum Gasteiger partial charge on any atom is -0.279 e. The van der Waals surface area contributed by atoms with Gasteiger partial charge in [-0.25, -0.2) is 4.98 Å². The maximum atomic E-state index is 5.96. The summed E-state index contributed by atoms with van der Waals surface area (Å²) in [5.74, 6) is 0.808. The van der Waals surface area contributed by atoms with Crippen LogP contribution in [-0.4, -0.2) is 19.8 Å². The number of hydrogen-bond donors (Lipinski definition) is 1. The van der Waals surface area contributed by atoms with E-state index < -0.39 is 0 Å². The predicted molar refractivity (Wildman–Crippen MR) is 46.5 cm³/mol. The summed E-state index contributed by atoms with van der Waals surface area (Å²) in [5, 5.41) is 7.83. The van der Waals surface area contributed by atoms with E-state index in [2.05, 4.69) is 15.2 Å². The van der Waals surface area contributed by atoms with Crippen LogP contribution in [0.15, 0.2) is 0 Å². The number of aromatic nitrogens is 4. The Kier molecular flexibility index (Phi) is 1.58. The molecule has 2 aromatic rings. The molecule has 2 rings (SSSR count). The molecule has 0 radical (unpaired) electrons. The Morgan fingerprint density at radius 3 is 2.92 bits per heavy atom. The first-order valence-corrected chi connectivity index (χ1v) is 4.20. The summed E-state index contributed by atoms with van der Waals surface area (Å²) in [6, 6.07) is 0. The third kappa shape index (κ3) is 0.914. The Bertz CT molecular complexity index is 414. The molecule has 0 aliphatic rings. The zero-order valence-electron chi connectivity index (χ0n) is 6.93. The van der Waals surface area contributed by atoms with Crippen molar-refractivity contribution in [2.45, 2.75) is 20.3 Å². The van der Waals surface area contributed by atoms with E-state index in [0.717, 1.165) is 17.9 Å². The lowest BCUT2D eigenvalue weighted by Gasteiger charge is -1.83. The molecule has 0 aliphatic heterocycles. The third-order valence-electron chi connectivity index (χ3n) is 1.77. The lowest BCUT2D eigenvalue weighted by atomic mass is 10.4. The minimum absolute atomic E-state index is 0.655. The van der Waals surface area contributed by atoms with Crippen LogP contribution >= 0.6 is 11.6 Å². The van der Waals surface area contributed by atoms with Crippen molar-refractivity contribution < 1.29 is 0 Å². The molecule has 12 heavy (non-hydrogen) atoms. The topological polar surface area (TPSA) is 46.0 Å². The van der Waals surface area contributed by atoms with Crippen molar-refractivity contribution in [3.05, 3.63) is 16.5 Å². The molecule has 1 N–H and O–H groups in total. The smallest absolute Gasteiger partial charge is 0.194 e. The van der Waals surface area contributed by atoms with Crippen molar-refractivity contribution in [3.8, 4) is 0 Å². The molecule has 64 valence electrons. The summed E-state index contributed by atoms with van der Waals surface area (Å²) in [4.78, 5) is 4.24. The quantitative estimate of drug-likeness (QED) is 0.732. The van der Waals surface area contributed by atoms with E-state index in [4.69, 9.17) is 11.6 Å². The molecular formula is C7H9ClN4. The highest BCUT2D eigenvalue weighted by atomic mass is 35.5. The summed E-state index contributed by atoms with van der Waals surface area (Å²) >= 11 is 5.96. The Morgan fingerprint density at radius 2 is 2.33 bits per heavy atom. The van der Waals surface area contributed by atoms with Crippen LogP contribution in [0.5, 0.6) is 0 Å². The Balaban J connectivity index is 2.71. The lowest BCUT2D eigenvalue weighted by Crippen LogP contribution is -1.89. The minimum atomic E-state index is 0.655. The lowest BCUT2D eigenvalue weighted by molar-refractivity contribution is 0.778. The number of hydrogen-bond acceptors (Lipinski definition) is 2. The molecule has 2 heterocycles. The van der Waals surface area contributed by atoms with Gasteiger partial charge in [-0.2, -0.15) is 4.63 Å². The van der Waals surface area contributed by atoms with Crippen LogP contribution in [0.4, 0.5) is 0 Å². The van der Waals surface area contributed by atoms with Gasteiger partial charge in [-0.15, -0.1) is 5.10 Å². The first kappa shape index (κ1) is 7.61. The summed E-state index contributed by atoms with van der Waals surface area (Å²) in [7, 11) is 0. The predicted octanol–water partition coefficient (Wildman–Crippen LogP) is 1.58. The second kappa shape index (κ2) is 2.48. The van der Waals surface area contributed by atoms with Gasteiger partial charge in [0, 0.05) is 6.42 Å². The number of H-pyrrole nitrogens is 1. The van der Waals surface area contributed by atoms with E-state index in [1.165, 1.54) is 0 Å². The largest absolute Gasteiger partial charge is 0.279 e. The number of rotatable bonds is 1. The van der Waals surface area contributed by atoms with Crippen molar-refractivity contribution in [1.82, 2.24) is 19.8 Å². The first-order valence-electron chi connectivity index (χ1n) is 3.82. The highest BCUT2D eigenvalue weighted by molar-refractivity contribution is 6.34. The SMILES string of the molecule is CCc1nc2c(Cl)c(C)[nH]n2n1. The number of halogens is 1. The molecule has 0 saturated heterocycles. The maximum absolute atomic E-state index is 5.96. The summed E-state index contributed by atoms with van der Waals surface area (Å²) in [5.41, 5.74) is 1.61. The van der Waals surface area contributed by atoms with Gasteiger partial charge in [0.1, 0.15) is 5.02 Å². The van der Waals surface area contributed by atoms with E-state index in [-0.39, 0.29) is 0 Å². The average molecular weight is 185 g/mol. The van der Waals surface area contributed by atoms with Crippen LogP contribution in [0.25, 0.3) is 5.65 Å². The van der Waals surface area contributed by atoms with E-state index >= 15 is 0 Å². The number of aryl methyl sites for hydroxylation is 2. The summed E-state index contributed by atoms with van der Waals surface area (Å²) < 4.78 is 1.61. The highest BCUT2D eigenvalue weighted by Crippen LogP contribution is 2.18. The van der Waals surface area contributed by atoms with Gasteiger partial charge in [0.2, 0.25) is 0 Å². The molecule has 0 unspecified atom stereocenters. The Hall–Kier alpha value is -1.03. The summed E-state index contributed by atoms with van der Waals surface area (Å²) in [6.45, 7) is 3.90. The molecule has 0 atom stereocenters. The molecule has 5 heteroatoms. The monoisotopic (exact) mass is 184 g/mol. The molecule has 0 amide bonds. The van der Waals surface area contributed by atoms with Crippen LogP contribution in [0.2, 0.25) is 5.02 Å². The van der Waals surface area contributed by atoms with Crippen molar-refractivity contribution in [2.24, 2.45) is 0 Å². The highest BCUT2D eigenvalue weighted by Gasteiger charge is 2.09. The number of nitrogens with zero attached hydrogens (tertiary/aromatic N) is 3. The van der Waals surface area contributed by atoms with Crippen LogP contribution < -0.4 is 0 Å². The fraction of sp³-hybridized carbons (Fsp3) is 0.429. The van der Waals surface area contributed by atoms with Crippen molar-refractivity contribution in [2.75, 3.05) is 0 Å². The molecule has 4 nitrogen and oxygen atoms in total. The van der Waals surface area contributed by atoms with E-state index in [1.807, 2.05) is 13.8 Å². The number of aromatic amines is 1. The van der Waals surface area contributed by atoms with Crippen LogP contribution in [-0.2, 0) is 6.42 Å². The Morgan fingerprint density at radius 1 is 1.58 bits per heavy atom. The van der Waals surface area contributed by atoms with Gasteiger partial charge in [0.05, 0.1) is 5.69 Å². The summed E-state index contributed by atoms with van der Waals surface area (Å²) in [6.07, 6.45) is 0.824. The van der Waals surface area contributed by atoms with Crippen LogP contribution in [0.3, 0.4) is 0 Å². The van der Waals surface area contributed by atoms with Gasteiger partial charge in [-0.1, -0.05) is 18.5 Å². The molecule has 0 aliphatic carbocycles. The fourth-order valence-electron chi connectivity index (χ4n) is 1.10. The Labute approximate surface area is 74.5 Å². The normalized spacial score (nSPS) is 11.2. The molecule has 0 spiro atoms. The van der Waals surface area contributed by atoms with E-state index in [1.54, 1.807) is 4.63 Å². The number of nitrogens with one attached hydrogen (secondary N) is 1. The second-order valence-electron chi connectivity index (χ2n) is 2.67. The molecule has 2 aromatic heterocycles. The molecule has 0 bridgehead atoms. The first-order chi connectivity index (χ1) is 5.72. The second-order valence-corrected chi connectivity index (χ2v) is 3.05. The van der Waals surface area contributed by atoms with Crippen molar-refractivity contribution >= 4 is 17.2 Å². The molecule has 0 saturated carbocycles. The van der Waals surface area contributed by atoms with Crippen LogP contribution in [0.1, 0.15) is 18.4 Å². The maximum Gasteiger partial charge on any atom is 0.194 e.